The van der Waals surface area contributed by atoms with Gasteiger partial charge >= 0.3 is 0 Å². The second-order valence-electron chi connectivity index (χ2n) is 4.18. The molecule has 0 aromatic carbocycles. The number of rotatable bonds is 10. The van der Waals surface area contributed by atoms with Crippen molar-refractivity contribution in [1.82, 2.24) is 0 Å². The van der Waals surface area contributed by atoms with Crippen molar-refractivity contribution in [2.45, 2.75) is 51.9 Å². The Morgan fingerprint density at radius 1 is 0.706 bits per heavy atom. The SMILES string of the molecule is [CH2]C=CC=CC=CC=CCCCCCCCC. The van der Waals surface area contributed by atoms with E-state index in [0.29, 0.717) is 0 Å². The molecule has 1 radical (unpaired) electrons. The average Bonchev–Trinajstić information content (AvgIpc) is 2.35. The van der Waals surface area contributed by atoms with E-state index in [9.17, 15) is 0 Å². The van der Waals surface area contributed by atoms with Crippen molar-refractivity contribution >= 4 is 0 Å². The summed E-state index contributed by atoms with van der Waals surface area (Å²) in [5.41, 5.74) is 0. The van der Waals surface area contributed by atoms with Gasteiger partial charge in [0.05, 0.1) is 0 Å². The third-order valence-electron chi connectivity index (χ3n) is 2.55. The molecule has 0 heteroatoms. The highest BCUT2D eigenvalue weighted by molar-refractivity contribution is 5.15. The van der Waals surface area contributed by atoms with Crippen LogP contribution in [0.15, 0.2) is 48.6 Å². The van der Waals surface area contributed by atoms with Crippen molar-refractivity contribution in [3.8, 4) is 0 Å². The number of allylic oxidation sites excluding steroid dienone is 8. The topological polar surface area (TPSA) is 0 Å². The first-order chi connectivity index (χ1) is 8.41. The Hall–Kier alpha value is -1.04. The van der Waals surface area contributed by atoms with E-state index in [1.165, 1.54) is 44.9 Å². The van der Waals surface area contributed by atoms with Gasteiger partial charge in [-0.05, 0) is 19.8 Å². The van der Waals surface area contributed by atoms with Crippen LogP contribution < -0.4 is 0 Å². The molecule has 0 aliphatic carbocycles. The quantitative estimate of drug-likeness (QED) is 0.329. The molecule has 0 fully saturated rings. The van der Waals surface area contributed by atoms with Crippen LogP contribution in [0.1, 0.15) is 51.9 Å². The van der Waals surface area contributed by atoms with Gasteiger partial charge in [0.15, 0.2) is 0 Å². The Labute approximate surface area is 108 Å². The third kappa shape index (κ3) is 15.0. The molecule has 0 aliphatic rings. The van der Waals surface area contributed by atoms with Crippen LogP contribution in [0.4, 0.5) is 0 Å². The zero-order valence-electron chi connectivity index (χ0n) is 11.3. The highest BCUT2D eigenvalue weighted by Gasteiger charge is 1.87. The molecule has 0 bridgehead atoms. The highest BCUT2D eigenvalue weighted by Crippen LogP contribution is 2.07. The first kappa shape index (κ1) is 16.0. The molecule has 0 saturated heterocycles. The molecule has 0 nitrogen and oxygen atoms in total. The summed E-state index contributed by atoms with van der Waals surface area (Å²) in [5.74, 6) is 0. The van der Waals surface area contributed by atoms with Crippen molar-refractivity contribution in [3.05, 3.63) is 55.5 Å². The molecule has 0 rings (SSSR count). The molecule has 0 spiro atoms. The van der Waals surface area contributed by atoms with Gasteiger partial charge in [-0.3, -0.25) is 0 Å². The van der Waals surface area contributed by atoms with E-state index in [-0.39, 0.29) is 0 Å². The van der Waals surface area contributed by atoms with Crippen molar-refractivity contribution in [2.24, 2.45) is 0 Å². The second kappa shape index (κ2) is 15.0. The maximum absolute atomic E-state index is 3.61. The summed E-state index contributed by atoms with van der Waals surface area (Å²) in [7, 11) is 0. The van der Waals surface area contributed by atoms with Crippen molar-refractivity contribution < 1.29 is 0 Å². The van der Waals surface area contributed by atoms with Crippen molar-refractivity contribution in [2.75, 3.05) is 0 Å². The maximum atomic E-state index is 3.61. The van der Waals surface area contributed by atoms with Gasteiger partial charge in [0.25, 0.3) is 0 Å². The van der Waals surface area contributed by atoms with Crippen LogP contribution >= 0.6 is 0 Å². The standard InChI is InChI=1S/C17H27/c1-3-5-7-9-11-13-15-17-16-14-12-10-8-6-4-2/h3,5,7,9,11,13,15,17H,1,4,6,8,10,12,14,16H2,2H3. The number of unbranched alkanes of at least 4 members (excludes halogenated alkanes) is 6. The predicted octanol–water partition coefficient (Wildman–Crippen LogP) is 5.80. The molecule has 0 atom stereocenters. The molecule has 95 valence electrons. The molecule has 0 aromatic rings. The van der Waals surface area contributed by atoms with Gasteiger partial charge in [0.1, 0.15) is 0 Å². The predicted molar refractivity (Wildman–Crippen MR) is 79.9 cm³/mol. The van der Waals surface area contributed by atoms with E-state index >= 15 is 0 Å². The molecular weight excluding hydrogens is 204 g/mol. The lowest BCUT2D eigenvalue weighted by Gasteiger charge is -1.97. The summed E-state index contributed by atoms with van der Waals surface area (Å²) >= 11 is 0. The van der Waals surface area contributed by atoms with Gasteiger partial charge < -0.3 is 0 Å². The van der Waals surface area contributed by atoms with Crippen LogP contribution in [-0.4, -0.2) is 0 Å². The minimum absolute atomic E-state index is 1.21. The molecular formula is C17H27. The lowest BCUT2D eigenvalue weighted by Crippen LogP contribution is -1.77. The number of hydrogen-bond acceptors (Lipinski definition) is 0. The van der Waals surface area contributed by atoms with Gasteiger partial charge in [0.2, 0.25) is 0 Å². The summed E-state index contributed by atoms with van der Waals surface area (Å²) < 4.78 is 0. The third-order valence-corrected chi connectivity index (χ3v) is 2.55. The van der Waals surface area contributed by atoms with Crippen molar-refractivity contribution in [3.63, 3.8) is 0 Å². The van der Waals surface area contributed by atoms with Crippen LogP contribution in [0, 0.1) is 6.92 Å². The van der Waals surface area contributed by atoms with E-state index in [0.717, 1.165) is 0 Å². The zero-order valence-corrected chi connectivity index (χ0v) is 11.3. The van der Waals surface area contributed by atoms with Crippen LogP contribution in [0.5, 0.6) is 0 Å². The first-order valence-corrected chi connectivity index (χ1v) is 6.86. The molecule has 0 N–H and O–H groups in total. The lowest BCUT2D eigenvalue weighted by atomic mass is 10.1. The Balaban J connectivity index is 3.30. The van der Waals surface area contributed by atoms with Gasteiger partial charge in [0, 0.05) is 0 Å². The average molecular weight is 231 g/mol. The molecule has 0 aliphatic heterocycles. The Bertz CT molecular complexity index is 241. The van der Waals surface area contributed by atoms with Crippen molar-refractivity contribution in [1.29, 1.82) is 0 Å². The van der Waals surface area contributed by atoms with Crippen LogP contribution in [0.25, 0.3) is 0 Å². The summed E-state index contributed by atoms with van der Waals surface area (Å²) in [6.45, 7) is 5.87. The van der Waals surface area contributed by atoms with E-state index in [2.05, 4.69) is 32.1 Å². The van der Waals surface area contributed by atoms with Crippen LogP contribution in [-0.2, 0) is 0 Å². The minimum Gasteiger partial charge on any atom is -0.0845 e. The fourth-order valence-corrected chi connectivity index (χ4v) is 1.55. The number of hydrogen-bond donors (Lipinski definition) is 0. The molecule has 0 heterocycles. The van der Waals surface area contributed by atoms with E-state index in [1.54, 1.807) is 6.08 Å². The van der Waals surface area contributed by atoms with Crippen LogP contribution in [0.3, 0.4) is 0 Å². The minimum atomic E-state index is 1.21. The lowest BCUT2D eigenvalue weighted by molar-refractivity contribution is 0.611. The fourth-order valence-electron chi connectivity index (χ4n) is 1.55. The summed E-state index contributed by atoms with van der Waals surface area (Å²) in [6, 6.07) is 0. The highest BCUT2D eigenvalue weighted by atomic mass is 13.9. The van der Waals surface area contributed by atoms with E-state index in [4.69, 9.17) is 0 Å². The summed E-state index contributed by atoms with van der Waals surface area (Å²) in [4.78, 5) is 0. The van der Waals surface area contributed by atoms with Gasteiger partial charge in [-0.2, -0.15) is 0 Å². The first-order valence-electron chi connectivity index (χ1n) is 6.86. The smallest absolute Gasteiger partial charge is 0.0313 e. The normalized spacial score (nSPS) is 12.8. The van der Waals surface area contributed by atoms with E-state index < -0.39 is 0 Å². The Morgan fingerprint density at radius 3 is 2.00 bits per heavy atom. The van der Waals surface area contributed by atoms with Gasteiger partial charge in [-0.1, -0.05) is 87.6 Å². The van der Waals surface area contributed by atoms with E-state index in [1.807, 2.05) is 24.3 Å². The fraction of sp³-hybridized carbons (Fsp3) is 0.471. The summed E-state index contributed by atoms with van der Waals surface area (Å²) in [6.07, 6.45) is 25.6. The molecule has 0 unspecified atom stereocenters. The van der Waals surface area contributed by atoms with Gasteiger partial charge in [-0.25, -0.2) is 0 Å². The molecule has 0 saturated carbocycles. The second-order valence-corrected chi connectivity index (χ2v) is 4.18. The Morgan fingerprint density at radius 2 is 1.29 bits per heavy atom. The summed E-state index contributed by atoms with van der Waals surface area (Å²) in [5, 5.41) is 0. The maximum Gasteiger partial charge on any atom is -0.0313 e. The molecule has 0 amide bonds. The molecule has 17 heavy (non-hydrogen) atoms. The van der Waals surface area contributed by atoms with Gasteiger partial charge in [-0.15, -0.1) is 0 Å². The Kier molecular flexibility index (Phi) is 14.0. The van der Waals surface area contributed by atoms with Crippen LogP contribution in [0.2, 0.25) is 0 Å². The molecule has 0 aromatic heterocycles. The largest absolute Gasteiger partial charge is 0.0845 e. The monoisotopic (exact) mass is 231 g/mol. The zero-order chi connectivity index (χ0) is 12.6.